The lowest BCUT2D eigenvalue weighted by Crippen LogP contribution is -2.36. The number of hydrogen-bond donors (Lipinski definition) is 2. The second-order valence-corrected chi connectivity index (χ2v) is 9.79. The molecule has 0 spiro atoms. The molecular weight excluding hydrogens is 458 g/mol. The quantitative estimate of drug-likeness (QED) is 0.421. The van der Waals surface area contributed by atoms with E-state index in [0.29, 0.717) is 41.7 Å². The van der Waals surface area contributed by atoms with Gasteiger partial charge in [-0.1, -0.05) is 32.0 Å². The minimum absolute atomic E-state index is 0.201. The summed E-state index contributed by atoms with van der Waals surface area (Å²) in [6.07, 6.45) is 1.50. The number of hydrogen-bond acceptors (Lipinski definition) is 9. The van der Waals surface area contributed by atoms with Crippen molar-refractivity contribution in [3.63, 3.8) is 0 Å². The van der Waals surface area contributed by atoms with E-state index in [4.69, 9.17) is 14.2 Å². The number of ether oxygens (including phenoxy) is 1. The number of morpholine rings is 1. The number of nitrogens with one attached hydrogen (secondary N) is 2. The van der Waals surface area contributed by atoms with Crippen LogP contribution in [0.5, 0.6) is 0 Å². The standard InChI is InChI=1S/C26H29N7O3/c1-16-5-6-17(25(34)30-21-14-20(36-32-21)26(2,3)4)13-19(16)29-24-23-18(27-15-28-24)7-8-22(31-23)33-9-11-35-12-10-33/h5-8,13-15H,9-12H2,1-4H3,(H,27,28,29)(H,30,32,34). The van der Waals surface area contributed by atoms with Gasteiger partial charge >= 0.3 is 0 Å². The number of aryl methyl sites for hydroxylation is 1. The molecule has 0 bridgehead atoms. The first-order valence-corrected chi connectivity index (χ1v) is 11.9. The van der Waals surface area contributed by atoms with Crippen LogP contribution in [-0.4, -0.2) is 52.3 Å². The van der Waals surface area contributed by atoms with Crippen molar-refractivity contribution in [3.8, 4) is 0 Å². The maximum atomic E-state index is 12.9. The van der Waals surface area contributed by atoms with E-state index in [2.05, 4.69) is 30.7 Å². The van der Waals surface area contributed by atoms with Gasteiger partial charge in [0.15, 0.2) is 11.6 Å². The summed E-state index contributed by atoms with van der Waals surface area (Å²) in [5, 5.41) is 10.1. The fourth-order valence-corrected chi connectivity index (χ4v) is 3.89. The molecule has 0 radical (unpaired) electrons. The largest absolute Gasteiger partial charge is 0.378 e. The number of carbonyl (C=O) groups excluding carboxylic acids is 1. The fourth-order valence-electron chi connectivity index (χ4n) is 3.89. The minimum atomic E-state index is -0.285. The average molecular weight is 488 g/mol. The summed E-state index contributed by atoms with van der Waals surface area (Å²) in [6, 6.07) is 11.1. The summed E-state index contributed by atoms with van der Waals surface area (Å²) in [7, 11) is 0. The number of nitrogens with zero attached hydrogens (tertiary/aromatic N) is 5. The smallest absolute Gasteiger partial charge is 0.256 e. The van der Waals surface area contributed by atoms with Crippen LogP contribution in [0.2, 0.25) is 0 Å². The molecule has 5 rings (SSSR count). The predicted octanol–water partition coefficient (Wildman–Crippen LogP) is 4.45. The Morgan fingerprint density at radius 1 is 1.06 bits per heavy atom. The second-order valence-electron chi connectivity index (χ2n) is 9.79. The number of pyridine rings is 1. The van der Waals surface area contributed by atoms with Crippen molar-refractivity contribution in [1.82, 2.24) is 20.1 Å². The average Bonchev–Trinajstić information content (AvgIpc) is 3.35. The number of carbonyl (C=O) groups is 1. The first-order chi connectivity index (χ1) is 17.3. The Bertz CT molecular complexity index is 1400. The van der Waals surface area contributed by atoms with Crippen LogP contribution in [0.1, 0.15) is 42.5 Å². The molecule has 10 nitrogen and oxygen atoms in total. The molecule has 4 heterocycles. The van der Waals surface area contributed by atoms with Gasteiger partial charge in [-0.3, -0.25) is 4.79 Å². The van der Waals surface area contributed by atoms with Gasteiger partial charge in [0.05, 0.1) is 18.7 Å². The van der Waals surface area contributed by atoms with Crippen molar-refractivity contribution in [2.75, 3.05) is 41.8 Å². The Morgan fingerprint density at radius 3 is 2.61 bits per heavy atom. The summed E-state index contributed by atoms with van der Waals surface area (Å²) < 4.78 is 10.8. The Balaban J connectivity index is 1.40. The van der Waals surface area contributed by atoms with Gasteiger partial charge in [0, 0.05) is 35.8 Å². The lowest BCUT2D eigenvalue weighted by Gasteiger charge is -2.28. The number of amides is 1. The molecule has 0 aliphatic carbocycles. The third kappa shape index (κ3) is 4.99. The van der Waals surface area contributed by atoms with E-state index in [0.717, 1.165) is 35.7 Å². The number of benzene rings is 1. The van der Waals surface area contributed by atoms with Gasteiger partial charge in [0.25, 0.3) is 5.91 Å². The molecular formula is C26H29N7O3. The Hall–Kier alpha value is -4.05. The highest BCUT2D eigenvalue weighted by molar-refractivity contribution is 6.04. The molecule has 1 amide bonds. The van der Waals surface area contributed by atoms with Crippen molar-refractivity contribution < 1.29 is 14.1 Å². The topological polar surface area (TPSA) is 118 Å². The summed E-state index contributed by atoms with van der Waals surface area (Å²) >= 11 is 0. The second kappa shape index (κ2) is 9.54. The van der Waals surface area contributed by atoms with E-state index in [1.165, 1.54) is 6.33 Å². The Morgan fingerprint density at radius 2 is 1.86 bits per heavy atom. The van der Waals surface area contributed by atoms with Gasteiger partial charge in [-0.05, 0) is 36.8 Å². The molecule has 0 saturated carbocycles. The molecule has 0 atom stereocenters. The van der Waals surface area contributed by atoms with E-state index in [-0.39, 0.29) is 11.3 Å². The molecule has 3 aromatic heterocycles. The zero-order valence-corrected chi connectivity index (χ0v) is 20.8. The van der Waals surface area contributed by atoms with E-state index in [1.807, 2.05) is 45.9 Å². The van der Waals surface area contributed by atoms with E-state index in [1.54, 1.807) is 18.2 Å². The fraction of sp³-hybridized carbons (Fsp3) is 0.346. The van der Waals surface area contributed by atoms with Gasteiger partial charge in [0.2, 0.25) is 0 Å². The SMILES string of the molecule is Cc1ccc(C(=O)Nc2cc(C(C)(C)C)on2)cc1Nc1ncnc2ccc(N3CCOCC3)nc12. The monoisotopic (exact) mass is 487 g/mol. The predicted molar refractivity (Wildman–Crippen MR) is 138 cm³/mol. The molecule has 4 aromatic rings. The lowest BCUT2D eigenvalue weighted by atomic mass is 9.93. The van der Waals surface area contributed by atoms with Crippen LogP contribution in [0.15, 0.2) is 47.2 Å². The number of aromatic nitrogens is 4. The highest BCUT2D eigenvalue weighted by Gasteiger charge is 2.21. The summed E-state index contributed by atoms with van der Waals surface area (Å²) in [4.78, 5) is 28.8. The maximum Gasteiger partial charge on any atom is 0.256 e. The van der Waals surface area contributed by atoms with Gasteiger partial charge in [-0.2, -0.15) is 0 Å². The van der Waals surface area contributed by atoms with Crippen LogP contribution in [0.25, 0.3) is 11.0 Å². The van der Waals surface area contributed by atoms with Crippen molar-refractivity contribution in [1.29, 1.82) is 0 Å². The van der Waals surface area contributed by atoms with E-state index < -0.39 is 0 Å². The summed E-state index contributed by atoms with van der Waals surface area (Å²) in [5.74, 6) is 2.22. The zero-order chi connectivity index (χ0) is 25.3. The van der Waals surface area contributed by atoms with Crippen LogP contribution >= 0.6 is 0 Å². The van der Waals surface area contributed by atoms with Crippen molar-refractivity contribution in [2.45, 2.75) is 33.1 Å². The molecule has 1 saturated heterocycles. The first kappa shape index (κ1) is 23.7. The molecule has 1 aromatic carbocycles. The highest BCUT2D eigenvalue weighted by Crippen LogP contribution is 2.28. The lowest BCUT2D eigenvalue weighted by molar-refractivity contribution is 0.102. The highest BCUT2D eigenvalue weighted by atomic mass is 16.5. The van der Waals surface area contributed by atoms with Gasteiger partial charge in [-0.15, -0.1) is 0 Å². The molecule has 36 heavy (non-hydrogen) atoms. The Labute approximate surface area is 209 Å². The number of fused-ring (bicyclic) bond motifs is 1. The zero-order valence-electron chi connectivity index (χ0n) is 20.8. The van der Waals surface area contributed by atoms with Crippen molar-refractivity contribution in [3.05, 3.63) is 59.6 Å². The van der Waals surface area contributed by atoms with Crippen molar-refractivity contribution in [2.24, 2.45) is 0 Å². The third-order valence-corrected chi connectivity index (χ3v) is 6.05. The molecule has 1 aliphatic rings. The molecule has 10 heteroatoms. The summed E-state index contributed by atoms with van der Waals surface area (Å²) in [6.45, 7) is 11.0. The molecule has 186 valence electrons. The van der Waals surface area contributed by atoms with Gasteiger partial charge < -0.3 is 24.8 Å². The maximum absolute atomic E-state index is 12.9. The molecule has 0 unspecified atom stereocenters. The van der Waals surface area contributed by atoms with Crippen LogP contribution in [0.4, 0.5) is 23.1 Å². The van der Waals surface area contributed by atoms with Gasteiger partial charge in [-0.25, -0.2) is 15.0 Å². The normalized spacial score (nSPS) is 14.2. The summed E-state index contributed by atoms with van der Waals surface area (Å²) in [5.41, 5.74) is 3.37. The van der Waals surface area contributed by atoms with E-state index >= 15 is 0 Å². The third-order valence-electron chi connectivity index (χ3n) is 6.05. The van der Waals surface area contributed by atoms with Crippen molar-refractivity contribution >= 4 is 40.1 Å². The van der Waals surface area contributed by atoms with Crippen LogP contribution < -0.4 is 15.5 Å². The molecule has 1 fully saturated rings. The Kier molecular flexibility index (Phi) is 6.27. The minimum Gasteiger partial charge on any atom is -0.378 e. The molecule has 1 aliphatic heterocycles. The van der Waals surface area contributed by atoms with Crippen LogP contribution in [0.3, 0.4) is 0 Å². The van der Waals surface area contributed by atoms with Gasteiger partial charge in [0.1, 0.15) is 23.4 Å². The number of rotatable bonds is 5. The van der Waals surface area contributed by atoms with Crippen LogP contribution in [0, 0.1) is 6.92 Å². The number of anilines is 4. The molecule has 2 N–H and O–H groups in total. The van der Waals surface area contributed by atoms with E-state index in [9.17, 15) is 4.79 Å². The van der Waals surface area contributed by atoms with Crippen LogP contribution in [-0.2, 0) is 10.2 Å². The first-order valence-electron chi connectivity index (χ1n) is 11.9.